The van der Waals surface area contributed by atoms with Gasteiger partial charge in [0.2, 0.25) is 0 Å². The maximum Gasteiger partial charge on any atom is 0.268 e. The van der Waals surface area contributed by atoms with E-state index in [1.54, 1.807) is 0 Å². The Balaban J connectivity index is 1.57. The van der Waals surface area contributed by atoms with Crippen molar-refractivity contribution in [3.63, 3.8) is 0 Å². The van der Waals surface area contributed by atoms with Crippen LogP contribution in [0, 0.1) is 17.4 Å². The molecule has 234 valence electrons. The minimum Gasteiger partial charge on any atom is -0.490 e. The van der Waals surface area contributed by atoms with Gasteiger partial charge in [0.1, 0.15) is 6.61 Å². The molecule has 0 atom stereocenters. The fourth-order valence-electron chi connectivity index (χ4n) is 5.58. The number of nitrogens with one attached hydrogen (secondary N) is 4. The summed E-state index contributed by atoms with van der Waals surface area (Å²) < 4.78 is 13.2. The number of aromatic amines is 4. The molecule has 0 spiro atoms. The lowest BCUT2D eigenvalue weighted by atomic mass is 9.83. The van der Waals surface area contributed by atoms with Gasteiger partial charge in [-0.05, 0) is 78.3 Å². The highest BCUT2D eigenvalue weighted by Gasteiger charge is 2.32. The molecule has 2 aromatic heterocycles. The highest BCUT2D eigenvalue weighted by Crippen LogP contribution is 2.43. The van der Waals surface area contributed by atoms with Gasteiger partial charge in [0.05, 0.1) is 32.7 Å². The summed E-state index contributed by atoms with van der Waals surface area (Å²) in [6.07, 6.45) is 0. The maximum atomic E-state index is 13.8. The maximum absolute atomic E-state index is 13.8. The lowest BCUT2D eigenvalue weighted by Crippen LogP contribution is -2.20. The molecule has 6 rings (SSSR count). The van der Waals surface area contributed by atoms with Gasteiger partial charge < -0.3 is 9.47 Å². The molecule has 10 heteroatoms. The molecule has 0 saturated carbocycles. The first-order chi connectivity index (χ1) is 22.2. The van der Waals surface area contributed by atoms with Crippen LogP contribution in [0.3, 0.4) is 0 Å². The van der Waals surface area contributed by atoms with E-state index in [0.717, 1.165) is 31.4 Å². The number of ether oxygens (including phenoxy) is 2. The molecule has 0 aliphatic rings. The number of rotatable bonds is 10. The zero-order valence-corrected chi connectivity index (χ0v) is 28.4. The van der Waals surface area contributed by atoms with Crippen molar-refractivity contribution in [3.05, 3.63) is 148 Å². The second-order valence-electron chi connectivity index (χ2n) is 11.0. The van der Waals surface area contributed by atoms with Crippen molar-refractivity contribution >= 4 is 34.2 Å². The van der Waals surface area contributed by atoms with Crippen LogP contribution < -0.4 is 20.6 Å². The number of aromatic nitrogens is 4. The first kappa shape index (κ1) is 31.5. The lowest BCUT2D eigenvalue weighted by Gasteiger charge is -2.21. The van der Waals surface area contributed by atoms with E-state index < -0.39 is 5.92 Å². The molecule has 4 aromatic carbocycles. The Morgan fingerprint density at radius 3 is 1.80 bits per heavy atom. The summed E-state index contributed by atoms with van der Waals surface area (Å²) in [6.45, 7) is 6.53. The molecule has 0 saturated heterocycles. The summed E-state index contributed by atoms with van der Waals surface area (Å²) in [5.41, 5.74) is 6.68. The van der Waals surface area contributed by atoms with E-state index in [1.165, 1.54) is 0 Å². The predicted molar refractivity (Wildman–Crippen MR) is 190 cm³/mol. The van der Waals surface area contributed by atoms with Gasteiger partial charge in [-0.1, -0.05) is 89.5 Å². The third-order valence-corrected chi connectivity index (χ3v) is 9.05. The van der Waals surface area contributed by atoms with Crippen molar-refractivity contribution in [2.75, 3.05) is 6.61 Å². The van der Waals surface area contributed by atoms with E-state index in [9.17, 15) is 9.59 Å². The van der Waals surface area contributed by atoms with Crippen molar-refractivity contribution in [1.82, 2.24) is 20.4 Å². The molecule has 0 fully saturated rings. The molecule has 6 aromatic rings. The number of hydrogen-bond acceptors (Lipinski definition) is 4. The molecular formula is C36H32ClIN4O4. The van der Waals surface area contributed by atoms with Crippen LogP contribution in [0.2, 0.25) is 5.02 Å². The highest BCUT2D eigenvalue weighted by atomic mass is 127. The zero-order valence-electron chi connectivity index (χ0n) is 25.5. The van der Waals surface area contributed by atoms with Crippen molar-refractivity contribution in [2.24, 2.45) is 0 Å². The Hall–Kier alpha value is -4.48. The molecule has 0 aliphatic carbocycles. The van der Waals surface area contributed by atoms with E-state index in [4.69, 9.17) is 21.1 Å². The van der Waals surface area contributed by atoms with Gasteiger partial charge in [-0.15, -0.1) is 0 Å². The van der Waals surface area contributed by atoms with E-state index in [2.05, 4.69) is 43.0 Å². The quantitative estimate of drug-likeness (QED) is 0.106. The van der Waals surface area contributed by atoms with Gasteiger partial charge in [-0.25, -0.2) is 0 Å². The summed E-state index contributed by atoms with van der Waals surface area (Å²) in [6, 6.07) is 27.1. The third kappa shape index (κ3) is 6.29. The number of H-pyrrole nitrogens is 4. The third-order valence-electron chi connectivity index (χ3n) is 7.88. The van der Waals surface area contributed by atoms with Gasteiger partial charge in [0.25, 0.3) is 11.1 Å². The molecule has 46 heavy (non-hydrogen) atoms. The van der Waals surface area contributed by atoms with Crippen LogP contribution >= 0.6 is 34.2 Å². The summed E-state index contributed by atoms with van der Waals surface area (Å²) in [7, 11) is 0. The second-order valence-corrected chi connectivity index (χ2v) is 12.6. The minimum atomic E-state index is -0.789. The van der Waals surface area contributed by atoms with Gasteiger partial charge >= 0.3 is 0 Å². The molecule has 8 nitrogen and oxygen atoms in total. The lowest BCUT2D eigenvalue weighted by molar-refractivity contribution is 0.267. The van der Waals surface area contributed by atoms with Crippen LogP contribution in [-0.2, 0) is 6.61 Å². The van der Waals surface area contributed by atoms with Gasteiger partial charge in [-0.3, -0.25) is 30.0 Å². The van der Waals surface area contributed by atoms with Crippen LogP contribution in [0.1, 0.15) is 46.2 Å². The first-order valence-electron chi connectivity index (χ1n) is 14.8. The molecule has 0 radical (unpaired) electrons. The molecule has 0 amide bonds. The number of hydrogen-bond donors (Lipinski definition) is 4. The minimum absolute atomic E-state index is 0.239. The molecular weight excluding hydrogens is 715 g/mol. The van der Waals surface area contributed by atoms with Crippen LogP contribution in [-0.4, -0.2) is 27.0 Å². The molecule has 4 N–H and O–H groups in total. The van der Waals surface area contributed by atoms with Crippen molar-refractivity contribution in [2.45, 2.75) is 33.3 Å². The zero-order chi connectivity index (χ0) is 32.4. The fourth-order valence-corrected chi connectivity index (χ4v) is 6.55. The second kappa shape index (κ2) is 13.5. The van der Waals surface area contributed by atoms with Crippen LogP contribution in [0.15, 0.2) is 94.5 Å². The van der Waals surface area contributed by atoms with Gasteiger partial charge in [0, 0.05) is 16.5 Å². The normalized spacial score (nSPS) is 11.3. The predicted octanol–water partition coefficient (Wildman–Crippen LogP) is 8.09. The topological polar surface area (TPSA) is 116 Å². The van der Waals surface area contributed by atoms with Crippen molar-refractivity contribution < 1.29 is 9.47 Å². The van der Waals surface area contributed by atoms with E-state index >= 15 is 0 Å². The Kier molecular flexibility index (Phi) is 9.23. The van der Waals surface area contributed by atoms with Crippen LogP contribution in [0.25, 0.3) is 22.5 Å². The SMILES string of the molecule is CCOc1cc(C(c2c(-c3ccc(C)cc3)[nH][nH]c2=O)c2c(-c3ccc(C)cc3)[nH][nH]c2=O)cc(I)c1OCc1ccccc1Cl. The molecule has 0 aliphatic heterocycles. The largest absolute Gasteiger partial charge is 0.490 e. The number of aryl methyl sites for hydroxylation is 2. The summed E-state index contributed by atoms with van der Waals surface area (Å²) in [5.74, 6) is 0.255. The van der Waals surface area contributed by atoms with E-state index in [0.29, 0.717) is 51.2 Å². The summed E-state index contributed by atoms with van der Waals surface area (Å²) in [5, 5.41) is 12.4. The smallest absolute Gasteiger partial charge is 0.268 e. The van der Waals surface area contributed by atoms with E-state index in [-0.39, 0.29) is 17.7 Å². The average Bonchev–Trinajstić information content (AvgIpc) is 3.61. The van der Waals surface area contributed by atoms with Crippen molar-refractivity contribution in [1.29, 1.82) is 0 Å². The molecule has 0 unspecified atom stereocenters. The van der Waals surface area contributed by atoms with E-state index in [1.807, 2.05) is 106 Å². The highest BCUT2D eigenvalue weighted by molar-refractivity contribution is 14.1. The van der Waals surface area contributed by atoms with Crippen LogP contribution in [0.4, 0.5) is 0 Å². The number of halogens is 2. The van der Waals surface area contributed by atoms with Crippen molar-refractivity contribution in [3.8, 4) is 34.0 Å². The standard InChI is InChI=1S/C36H32ClIN4O4/c1-4-45-28-18-25(17-27(38)34(28)46-19-24-7-5-6-8-26(24)37)29(30-32(39-41-35(30)43)22-13-9-20(2)10-14-22)31-33(40-42-36(31)44)23-15-11-21(3)12-16-23/h5-18,29H,4,19H2,1-3H3,(H2,39,41,43)(H2,40,42,44). The number of benzene rings is 4. The summed E-state index contributed by atoms with van der Waals surface area (Å²) in [4.78, 5) is 27.5. The summed E-state index contributed by atoms with van der Waals surface area (Å²) >= 11 is 8.62. The monoisotopic (exact) mass is 746 g/mol. The Bertz CT molecular complexity index is 2010. The average molecular weight is 747 g/mol. The Morgan fingerprint density at radius 1 is 0.739 bits per heavy atom. The van der Waals surface area contributed by atoms with Gasteiger partial charge in [-0.2, -0.15) is 0 Å². The molecule has 0 bridgehead atoms. The van der Waals surface area contributed by atoms with Gasteiger partial charge in [0.15, 0.2) is 11.5 Å². The fraction of sp³-hybridized carbons (Fsp3) is 0.167. The van der Waals surface area contributed by atoms with Crippen LogP contribution in [0.5, 0.6) is 11.5 Å². The first-order valence-corrected chi connectivity index (χ1v) is 16.3. The Labute approximate surface area is 284 Å². The Morgan fingerprint density at radius 2 is 1.28 bits per heavy atom. The molecule has 2 heterocycles.